The minimum Gasteiger partial charge on any atom is -0.445 e. The summed E-state index contributed by atoms with van der Waals surface area (Å²) in [6.45, 7) is 4.37. The van der Waals surface area contributed by atoms with Gasteiger partial charge in [0.1, 0.15) is 12.6 Å². The molecule has 1 aliphatic rings. The van der Waals surface area contributed by atoms with Crippen LogP contribution < -0.4 is 10.6 Å². The van der Waals surface area contributed by atoms with Crippen molar-refractivity contribution >= 4 is 23.6 Å². The van der Waals surface area contributed by atoms with Crippen LogP contribution in [0.4, 0.5) is 4.79 Å². The number of aliphatic hydroxyl groups is 1. The van der Waals surface area contributed by atoms with Gasteiger partial charge in [-0.3, -0.25) is 4.79 Å². The topological polar surface area (TPSA) is 96.9 Å². The Hall–Kier alpha value is -1.83. The number of ether oxygens (including phenoxy) is 2. The van der Waals surface area contributed by atoms with Gasteiger partial charge in [0.25, 0.3) is 0 Å². The number of carbonyl (C=O) groups is 2. The van der Waals surface area contributed by atoms with Crippen LogP contribution in [0.15, 0.2) is 24.3 Å². The highest BCUT2D eigenvalue weighted by Crippen LogP contribution is 2.13. The van der Waals surface area contributed by atoms with Crippen LogP contribution in [0.5, 0.6) is 0 Å². The van der Waals surface area contributed by atoms with Gasteiger partial charge in [-0.15, -0.1) is 0 Å². The van der Waals surface area contributed by atoms with Crippen molar-refractivity contribution in [1.82, 2.24) is 10.6 Å². The van der Waals surface area contributed by atoms with Gasteiger partial charge in [0, 0.05) is 5.02 Å². The van der Waals surface area contributed by atoms with Gasteiger partial charge in [-0.2, -0.15) is 0 Å². The molecule has 144 valence electrons. The number of halogens is 1. The Morgan fingerprint density at radius 2 is 2.04 bits per heavy atom. The quantitative estimate of drug-likeness (QED) is 0.669. The second kappa shape index (κ2) is 9.75. The summed E-state index contributed by atoms with van der Waals surface area (Å²) >= 11 is 5.82. The van der Waals surface area contributed by atoms with Crippen LogP contribution in [-0.4, -0.2) is 42.1 Å². The van der Waals surface area contributed by atoms with Crippen molar-refractivity contribution in [2.75, 3.05) is 6.61 Å². The third-order valence-electron chi connectivity index (χ3n) is 3.99. The molecule has 26 heavy (non-hydrogen) atoms. The summed E-state index contributed by atoms with van der Waals surface area (Å²) in [6, 6.07) is 5.72. The van der Waals surface area contributed by atoms with Gasteiger partial charge in [0.15, 0.2) is 6.29 Å². The predicted octanol–water partition coefficient (Wildman–Crippen LogP) is 2.20. The first-order valence-corrected chi connectivity index (χ1v) is 9.00. The number of hydrogen-bond acceptors (Lipinski definition) is 5. The van der Waals surface area contributed by atoms with Gasteiger partial charge in [0.2, 0.25) is 5.91 Å². The normalized spacial score (nSPS) is 20.7. The maximum Gasteiger partial charge on any atom is 0.408 e. The van der Waals surface area contributed by atoms with E-state index in [1.165, 1.54) is 0 Å². The van der Waals surface area contributed by atoms with Gasteiger partial charge in [0.05, 0.1) is 12.6 Å². The van der Waals surface area contributed by atoms with E-state index in [2.05, 4.69) is 10.6 Å². The van der Waals surface area contributed by atoms with Gasteiger partial charge in [-0.1, -0.05) is 37.6 Å². The summed E-state index contributed by atoms with van der Waals surface area (Å²) in [6.07, 6.45) is -0.715. The minimum absolute atomic E-state index is 0.0776. The number of amides is 2. The van der Waals surface area contributed by atoms with Crippen molar-refractivity contribution in [2.24, 2.45) is 5.92 Å². The van der Waals surface area contributed by atoms with E-state index in [1.807, 2.05) is 13.8 Å². The molecule has 3 atom stereocenters. The maximum atomic E-state index is 12.5. The lowest BCUT2D eigenvalue weighted by Gasteiger charge is -2.23. The Bertz CT molecular complexity index is 608. The molecule has 0 radical (unpaired) electrons. The molecule has 0 spiro atoms. The first kappa shape index (κ1) is 20.5. The van der Waals surface area contributed by atoms with Crippen LogP contribution in [0.3, 0.4) is 0 Å². The summed E-state index contributed by atoms with van der Waals surface area (Å²) in [5, 5.41) is 15.6. The Morgan fingerprint density at radius 3 is 2.62 bits per heavy atom. The minimum atomic E-state index is -1.02. The molecule has 8 heteroatoms. The molecule has 1 aromatic carbocycles. The molecular weight excluding hydrogens is 360 g/mol. The number of hydrogen-bond donors (Lipinski definition) is 3. The third-order valence-corrected chi connectivity index (χ3v) is 4.24. The highest BCUT2D eigenvalue weighted by molar-refractivity contribution is 6.30. The Morgan fingerprint density at radius 1 is 1.35 bits per heavy atom. The highest BCUT2D eigenvalue weighted by atomic mass is 35.5. The van der Waals surface area contributed by atoms with Crippen LogP contribution in [0.2, 0.25) is 5.02 Å². The molecule has 1 saturated heterocycles. The average Bonchev–Trinajstić information content (AvgIpc) is 2.98. The Balaban J connectivity index is 1.87. The number of nitrogens with one attached hydrogen (secondary N) is 2. The summed E-state index contributed by atoms with van der Waals surface area (Å²) in [4.78, 5) is 24.5. The van der Waals surface area contributed by atoms with E-state index >= 15 is 0 Å². The Labute approximate surface area is 158 Å². The monoisotopic (exact) mass is 384 g/mol. The fourth-order valence-electron chi connectivity index (χ4n) is 2.62. The van der Waals surface area contributed by atoms with Crippen LogP contribution in [0, 0.1) is 5.92 Å². The van der Waals surface area contributed by atoms with Gasteiger partial charge < -0.3 is 25.2 Å². The molecule has 1 aliphatic heterocycles. The van der Waals surface area contributed by atoms with Crippen molar-refractivity contribution in [3.05, 3.63) is 34.9 Å². The number of alkyl carbamates (subject to hydrolysis) is 1. The van der Waals surface area contributed by atoms with E-state index in [0.717, 1.165) is 5.56 Å². The third kappa shape index (κ3) is 6.48. The van der Waals surface area contributed by atoms with E-state index in [1.54, 1.807) is 24.3 Å². The number of benzene rings is 1. The molecule has 3 N–H and O–H groups in total. The molecule has 1 fully saturated rings. The number of rotatable bonds is 7. The van der Waals surface area contributed by atoms with Crippen molar-refractivity contribution in [1.29, 1.82) is 0 Å². The maximum absolute atomic E-state index is 12.5. The molecular formula is C18H25ClN2O5. The van der Waals surface area contributed by atoms with Crippen LogP contribution in [0.1, 0.15) is 32.3 Å². The summed E-state index contributed by atoms with van der Waals surface area (Å²) in [5.41, 5.74) is 0.792. The first-order valence-electron chi connectivity index (χ1n) is 8.63. The zero-order chi connectivity index (χ0) is 19.1. The first-order chi connectivity index (χ1) is 12.3. The predicted molar refractivity (Wildman–Crippen MR) is 96.5 cm³/mol. The lowest BCUT2D eigenvalue weighted by Crippen LogP contribution is -2.51. The molecule has 0 aliphatic carbocycles. The van der Waals surface area contributed by atoms with Gasteiger partial charge in [-0.05, 0) is 36.5 Å². The Kier molecular flexibility index (Phi) is 7.68. The lowest BCUT2D eigenvalue weighted by atomic mass is 10.0. The van der Waals surface area contributed by atoms with Crippen LogP contribution in [-0.2, 0) is 20.9 Å². The second-order valence-corrected chi connectivity index (χ2v) is 7.13. The summed E-state index contributed by atoms with van der Waals surface area (Å²) in [7, 11) is 0. The van der Waals surface area contributed by atoms with Crippen molar-refractivity contribution < 1.29 is 24.2 Å². The van der Waals surface area contributed by atoms with E-state index in [9.17, 15) is 14.7 Å². The van der Waals surface area contributed by atoms with Crippen LogP contribution >= 0.6 is 11.6 Å². The molecule has 1 heterocycles. The molecule has 7 nitrogen and oxygen atoms in total. The van der Waals surface area contributed by atoms with E-state index in [-0.39, 0.29) is 18.4 Å². The SMILES string of the molecule is CC(C)CC(NC(=O)OCc1ccc(Cl)cc1)C(=O)NC1CCOC1O. The smallest absolute Gasteiger partial charge is 0.408 e. The molecule has 0 aromatic heterocycles. The van der Waals surface area contributed by atoms with Gasteiger partial charge >= 0.3 is 6.09 Å². The largest absolute Gasteiger partial charge is 0.445 e. The highest BCUT2D eigenvalue weighted by Gasteiger charge is 2.31. The van der Waals surface area contributed by atoms with Gasteiger partial charge in [-0.25, -0.2) is 4.79 Å². The summed E-state index contributed by atoms with van der Waals surface area (Å²) in [5.74, 6) is -0.177. The molecule has 2 amide bonds. The van der Waals surface area contributed by atoms with E-state index in [0.29, 0.717) is 24.5 Å². The molecule has 2 rings (SSSR count). The number of carbonyl (C=O) groups excluding carboxylic acids is 2. The second-order valence-electron chi connectivity index (χ2n) is 6.69. The fraction of sp³-hybridized carbons (Fsp3) is 0.556. The fourth-order valence-corrected chi connectivity index (χ4v) is 2.74. The van der Waals surface area contributed by atoms with Crippen molar-refractivity contribution in [3.63, 3.8) is 0 Å². The zero-order valence-electron chi connectivity index (χ0n) is 14.9. The molecule has 1 aromatic rings. The molecule has 3 unspecified atom stereocenters. The summed E-state index contributed by atoms with van der Waals surface area (Å²) < 4.78 is 10.2. The number of aliphatic hydroxyl groups excluding tert-OH is 1. The zero-order valence-corrected chi connectivity index (χ0v) is 15.7. The van der Waals surface area contributed by atoms with E-state index < -0.39 is 24.5 Å². The van der Waals surface area contributed by atoms with E-state index in [4.69, 9.17) is 21.1 Å². The molecule has 0 saturated carbocycles. The van der Waals surface area contributed by atoms with Crippen molar-refractivity contribution in [3.8, 4) is 0 Å². The average molecular weight is 385 g/mol. The van der Waals surface area contributed by atoms with Crippen LogP contribution in [0.25, 0.3) is 0 Å². The van der Waals surface area contributed by atoms with Crippen molar-refractivity contribution in [2.45, 2.75) is 51.7 Å². The standard InChI is InChI=1S/C18H25ClN2O5/c1-11(2)9-15(16(22)20-14-7-8-25-17(14)23)21-18(24)26-10-12-3-5-13(19)6-4-12/h3-6,11,14-15,17,23H,7-10H2,1-2H3,(H,20,22)(H,21,24). The lowest BCUT2D eigenvalue weighted by molar-refractivity contribution is -0.127. The molecule has 0 bridgehead atoms.